The van der Waals surface area contributed by atoms with Crippen LogP contribution >= 0.6 is 11.6 Å². The third kappa shape index (κ3) is 4.93. The predicted octanol–water partition coefficient (Wildman–Crippen LogP) is 3.92. The monoisotopic (exact) mass is 411 g/mol. The number of aryl methyl sites for hydroxylation is 1. The quantitative estimate of drug-likeness (QED) is 0.665. The Labute approximate surface area is 174 Å². The van der Waals surface area contributed by atoms with Gasteiger partial charge in [0.25, 0.3) is 0 Å². The maximum Gasteiger partial charge on any atom is 0.238 e. The first-order valence-electron chi connectivity index (χ1n) is 9.47. The van der Waals surface area contributed by atoms with E-state index in [-0.39, 0.29) is 11.9 Å². The second kappa shape index (κ2) is 8.63. The molecule has 29 heavy (non-hydrogen) atoms. The number of hydrogen-bond acceptors (Lipinski definition) is 5. The van der Waals surface area contributed by atoms with Crippen molar-refractivity contribution in [3.63, 3.8) is 0 Å². The van der Waals surface area contributed by atoms with Gasteiger partial charge in [-0.1, -0.05) is 17.7 Å². The number of rotatable bonds is 6. The standard InChI is InChI=1S/C21H22ClN5O2/c1-15-9-19(29-18-4-2-3-16(22)10-18)5-6-20(15)25-21(28)12-26-8-7-17(11-26)27-14-23-13-24-27/h2-6,9-10,13-14,17H,7-8,11-12H2,1H3,(H,25,28)/t17-/m0/s1. The van der Waals surface area contributed by atoms with E-state index in [0.717, 1.165) is 30.8 Å². The highest BCUT2D eigenvalue weighted by molar-refractivity contribution is 6.30. The Kier molecular flexibility index (Phi) is 5.78. The van der Waals surface area contributed by atoms with Gasteiger partial charge in [-0.05, 0) is 55.3 Å². The molecule has 0 spiro atoms. The number of amides is 1. The van der Waals surface area contributed by atoms with Crippen molar-refractivity contribution in [2.75, 3.05) is 25.0 Å². The van der Waals surface area contributed by atoms with E-state index in [0.29, 0.717) is 23.1 Å². The molecule has 1 N–H and O–H groups in total. The maximum atomic E-state index is 12.5. The molecular formula is C21H22ClN5O2. The van der Waals surface area contributed by atoms with Crippen molar-refractivity contribution in [3.05, 3.63) is 65.7 Å². The largest absolute Gasteiger partial charge is 0.457 e. The first-order chi connectivity index (χ1) is 14.1. The van der Waals surface area contributed by atoms with Crippen LogP contribution in [-0.2, 0) is 4.79 Å². The van der Waals surface area contributed by atoms with Gasteiger partial charge in [-0.2, -0.15) is 5.10 Å². The number of nitrogens with one attached hydrogen (secondary N) is 1. The lowest BCUT2D eigenvalue weighted by atomic mass is 10.2. The minimum absolute atomic E-state index is 0.0316. The molecule has 1 amide bonds. The average Bonchev–Trinajstić information content (AvgIpc) is 3.36. The first kappa shape index (κ1) is 19.4. The van der Waals surface area contributed by atoms with Gasteiger partial charge < -0.3 is 10.1 Å². The molecule has 1 aliphatic heterocycles. The number of aromatic nitrogens is 3. The van der Waals surface area contributed by atoms with Crippen molar-refractivity contribution >= 4 is 23.2 Å². The summed E-state index contributed by atoms with van der Waals surface area (Å²) >= 11 is 5.99. The molecule has 1 atom stereocenters. The highest BCUT2D eigenvalue weighted by Crippen LogP contribution is 2.28. The van der Waals surface area contributed by atoms with E-state index >= 15 is 0 Å². The van der Waals surface area contributed by atoms with E-state index in [9.17, 15) is 4.79 Å². The molecule has 1 fully saturated rings. The summed E-state index contributed by atoms with van der Waals surface area (Å²) in [5.41, 5.74) is 1.71. The molecule has 2 heterocycles. The normalized spacial score (nSPS) is 16.7. The van der Waals surface area contributed by atoms with Crippen LogP contribution in [0.3, 0.4) is 0 Å². The third-order valence-electron chi connectivity index (χ3n) is 4.93. The Bertz CT molecular complexity index is 992. The number of ether oxygens (including phenoxy) is 1. The molecule has 4 rings (SSSR count). The van der Waals surface area contributed by atoms with Crippen molar-refractivity contribution in [1.29, 1.82) is 0 Å². The first-order valence-corrected chi connectivity index (χ1v) is 9.85. The molecule has 0 aliphatic carbocycles. The lowest BCUT2D eigenvalue weighted by Gasteiger charge is -2.16. The van der Waals surface area contributed by atoms with Gasteiger partial charge >= 0.3 is 0 Å². The molecule has 0 saturated carbocycles. The van der Waals surface area contributed by atoms with E-state index in [4.69, 9.17) is 16.3 Å². The predicted molar refractivity (Wildman–Crippen MR) is 111 cm³/mol. The highest BCUT2D eigenvalue weighted by Gasteiger charge is 2.25. The topological polar surface area (TPSA) is 72.3 Å². The number of anilines is 1. The van der Waals surface area contributed by atoms with Crippen LogP contribution in [0.5, 0.6) is 11.5 Å². The third-order valence-corrected chi connectivity index (χ3v) is 5.16. The Balaban J connectivity index is 1.32. The van der Waals surface area contributed by atoms with Crippen LogP contribution < -0.4 is 10.1 Å². The Morgan fingerprint density at radius 1 is 1.28 bits per heavy atom. The zero-order valence-corrected chi connectivity index (χ0v) is 16.8. The summed E-state index contributed by atoms with van der Waals surface area (Å²) in [5, 5.41) is 7.81. The summed E-state index contributed by atoms with van der Waals surface area (Å²) < 4.78 is 7.70. The Hall–Kier alpha value is -2.90. The number of carbonyl (C=O) groups is 1. The van der Waals surface area contributed by atoms with Crippen LogP contribution in [0.15, 0.2) is 55.1 Å². The van der Waals surface area contributed by atoms with Crippen LogP contribution in [-0.4, -0.2) is 45.2 Å². The molecule has 3 aromatic rings. The fourth-order valence-corrected chi connectivity index (χ4v) is 3.66. The number of likely N-dealkylation sites (tertiary alicyclic amines) is 1. The van der Waals surface area contributed by atoms with Crippen LogP contribution in [0.4, 0.5) is 5.69 Å². The van der Waals surface area contributed by atoms with Crippen molar-refractivity contribution < 1.29 is 9.53 Å². The maximum absolute atomic E-state index is 12.5. The Morgan fingerprint density at radius 2 is 2.14 bits per heavy atom. The van der Waals surface area contributed by atoms with Crippen LogP contribution in [0.1, 0.15) is 18.0 Å². The SMILES string of the molecule is Cc1cc(Oc2cccc(Cl)c2)ccc1NC(=O)CN1CC[C@H](n2cncn2)C1. The molecule has 0 unspecified atom stereocenters. The highest BCUT2D eigenvalue weighted by atomic mass is 35.5. The van der Waals surface area contributed by atoms with E-state index in [2.05, 4.69) is 20.3 Å². The number of halogens is 1. The lowest BCUT2D eigenvalue weighted by Crippen LogP contribution is -2.32. The van der Waals surface area contributed by atoms with Crippen LogP contribution in [0.25, 0.3) is 0 Å². The molecule has 150 valence electrons. The van der Waals surface area contributed by atoms with Gasteiger partial charge in [-0.3, -0.25) is 9.69 Å². The number of carbonyl (C=O) groups excluding carboxylic acids is 1. The van der Waals surface area contributed by atoms with E-state index < -0.39 is 0 Å². The summed E-state index contributed by atoms with van der Waals surface area (Å²) in [7, 11) is 0. The summed E-state index contributed by atoms with van der Waals surface area (Å²) in [6, 6.07) is 13.1. The van der Waals surface area contributed by atoms with E-state index in [1.165, 1.54) is 6.33 Å². The van der Waals surface area contributed by atoms with E-state index in [1.807, 2.05) is 41.9 Å². The smallest absolute Gasteiger partial charge is 0.238 e. The molecule has 1 saturated heterocycles. The number of benzene rings is 2. The molecular weight excluding hydrogens is 390 g/mol. The van der Waals surface area contributed by atoms with Gasteiger partial charge in [0.2, 0.25) is 5.91 Å². The summed E-state index contributed by atoms with van der Waals surface area (Å²) in [6.07, 6.45) is 4.23. The molecule has 2 aromatic carbocycles. The fourth-order valence-electron chi connectivity index (χ4n) is 3.48. The van der Waals surface area contributed by atoms with Gasteiger partial charge in [-0.15, -0.1) is 0 Å². The van der Waals surface area contributed by atoms with Crippen molar-refractivity contribution in [2.24, 2.45) is 0 Å². The second-order valence-electron chi connectivity index (χ2n) is 7.14. The number of nitrogens with zero attached hydrogens (tertiary/aromatic N) is 4. The van der Waals surface area contributed by atoms with E-state index in [1.54, 1.807) is 18.5 Å². The lowest BCUT2D eigenvalue weighted by molar-refractivity contribution is -0.117. The second-order valence-corrected chi connectivity index (χ2v) is 7.57. The molecule has 0 radical (unpaired) electrons. The number of hydrogen-bond donors (Lipinski definition) is 1. The van der Waals surface area contributed by atoms with Crippen LogP contribution in [0, 0.1) is 6.92 Å². The van der Waals surface area contributed by atoms with Crippen molar-refractivity contribution in [3.8, 4) is 11.5 Å². The van der Waals surface area contributed by atoms with Gasteiger partial charge in [0.05, 0.1) is 12.6 Å². The van der Waals surface area contributed by atoms with Gasteiger partial charge in [0.1, 0.15) is 24.2 Å². The molecule has 1 aliphatic rings. The minimum atomic E-state index is -0.0316. The fraction of sp³-hybridized carbons (Fsp3) is 0.286. The molecule has 1 aromatic heterocycles. The van der Waals surface area contributed by atoms with Gasteiger partial charge in [0.15, 0.2) is 0 Å². The molecule has 7 nitrogen and oxygen atoms in total. The summed E-state index contributed by atoms with van der Waals surface area (Å²) in [5.74, 6) is 1.33. The minimum Gasteiger partial charge on any atom is -0.457 e. The van der Waals surface area contributed by atoms with Crippen LogP contribution in [0.2, 0.25) is 5.02 Å². The van der Waals surface area contributed by atoms with Crippen molar-refractivity contribution in [2.45, 2.75) is 19.4 Å². The molecule has 8 heteroatoms. The zero-order valence-electron chi connectivity index (χ0n) is 16.1. The zero-order chi connectivity index (χ0) is 20.2. The summed E-state index contributed by atoms with van der Waals surface area (Å²) in [6.45, 7) is 3.95. The average molecular weight is 412 g/mol. The Morgan fingerprint density at radius 3 is 2.90 bits per heavy atom. The van der Waals surface area contributed by atoms with Gasteiger partial charge in [-0.25, -0.2) is 9.67 Å². The van der Waals surface area contributed by atoms with Crippen molar-refractivity contribution in [1.82, 2.24) is 19.7 Å². The van der Waals surface area contributed by atoms with Gasteiger partial charge in [0, 0.05) is 23.8 Å². The summed E-state index contributed by atoms with van der Waals surface area (Å²) in [4.78, 5) is 18.6. The molecule has 0 bridgehead atoms.